The summed E-state index contributed by atoms with van der Waals surface area (Å²) in [5, 5.41) is 21.6. The van der Waals surface area contributed by atoms with Crippen molar-refractivity contribution >= 4 is 72.6 Å². The lowest BCUT2D eigenvalue weighted by Gasteiger charge is -2.24. The standard InChI is InChI=1S/C30H19N7S2/c1-18-7-11-21(12-8-18)37(22-13-9-19(2)10-14-22)30-24-6-4-3-5-23(24)29(38-30)28-27-26(35-39-36-27)25(17-33-28)34-20(15-31)16-32/h3-14,17H,1-2H3. The van der Waals surface area contributed by atoms with Crippen LogP contribution in [0.5, 0.6) is 0 Å². The minimum atomic E-state index is -0.255. The second-order valence-corrected chi connectivity index (χ2v) is 10.5. The normalized spacial score (nSPS) is 10.8. The van der Waals surface area contributed by atoms with E-state index in [1.807, 2.05) is 12.1 Å². The topological polar surface area (TPSA) is 102 Å². The zero-order valence-corrected chi connectivity index (χ0v) is 22.6. The van der Waals surface area contributed by atoms with Crippen molar-refractivity contribution < 1.29 is 0 Å². The van der Waals surface area contributed by atoms with Crippen molar-refractivity contribution in [1.29, 1.82) is 10.5 Å². The highest BCUT2D eigenvalue weighted by Crippen LogP contribution is 2.49. The van der Waals surface area contributed by atoms with Gasteiger partial charge in [0.1, 0.15) is 39.6 Å². The second kappa shape index (κ2) is 10.1. The Kier molecular flexibility index (Phi) is 6.29. The van der Waals surface area contributed by atoms with Gasteiger partial charge in [-0.3, -0.25) is 4.98 Å². The second-order valence-electron chi connectivity index (χ2n) is 8.93. The van der Waals surface area contributed by atoms with Crippen molar-refractivity contribution in [2.24, 2.45) is 4.99 Å². The van der Waals surface area contributed by atoms with Gasteiger partial charge in [-0.2, -0.15) is 19.3 Å². The number of rotatable bonds is 5. The van der Waals surface area contributed by atoms with Crippen LogP contribution >= 0.6 is 23.1 Å². The monoisotopic (exact) mass is 541 g/mol. The summed E-state index contributed by atoms with van der Waals surface area (Å²) in [4.78, 5) is 12.1. The minimum Gasteiger partial charge on any atom is -0.301 e. The molecule has 0 N–H and O–H groups in total. The number of fused-ring (bicyclic) bond motifs is 2. The van der Waals surface area contributed by atoms with Gasteiger partial charge in [0.05, 0.1) is 22.8 Å². The highest BCUT2D eigenvalue weighted by Gasteiger charge is 2.24. The highest BCUT2D eigenvalue weighted by atomic mass is 32.1. The van der Waals surface area contributed by atoms with E-state index in [-0.39, 0.29) is 5.71 Å². The van der Waals surface area contributed by atoms with E-state index in [4.69, 9.17) is 4.98 Å². The molecule has 7 nitrogen and oxygen atoms in total. The van der Waals surface area contributed by atoms with Crippen molar-refractivity contribution in [2.75, 3.05) is 4.90 Å². The first-order valence-corrected chi connectivity index (χ1v) is 13.6. The van der Waals surface area contributed by atoms with Crippen molar-refractivity contribution in [2.45, 2.75) is 13.8 Å². The number of hydrogen-bond acceptors (Lipinski definition) is 9. The quantitative estimate of drug-likeness (QED) is 0.204. The molecule has 0 radical (unpaired) electrons. The first kappa shape index (κ1) is 24.4. The van der Waals surface area contributed by atoms with Crippen molar-refractivity contribution in [3.8, 4) is 22.7 Å². The molecule has 0 amide bonds. The summed E-state index contributed by atoms with van der Waals surface area (Å²) in [6.07, 6.45) is 1.56. The molecule has 3 aromatic carbocycles. The summed E-state index contributed by atoms with van der Waals surface area (Å²) < 4.78 is 8.96. The van der Waals surface area contributed by atoms with E-state index in [0.29, 0.717) is 22.4 Å². The van der Waals surface area contributed by atoms with Crippen molar-refractivity contribution in [3.05, 3.63) is 90.1 Å². The molecule has 186 valence electrons. The molecule has 0 aliphatic rings. The van der Waals surface area contributed by atoms with Gasteiger partial charge in [0.2, 0.25) is 5.71 Å². The number of nitriles is 2. The van der Waals surface area contributed by atoms with E-state index in [1.54, 1.807) is 29.7 Å². The summed E-state index contributed by atoms with van der Waals surface area (Å²) in [5.41, 5.74) is 6.39. The smallest absolute Gasteiger partial charge is 0.218 e. The lowest BCUT2D eigenvalue weighted by molar-refractivity contribution is 1.30. The summed E-state index contributed by atoms with van der Waals surface area (Å²) in [6.45, 7) is 4.17. The fourth-order valence-electron chi connectivity index (χ4n) is 4.39. The zero-order valence-electron chi connectivity index (χ0n) is 21.0. The molecule has 0 aliphatic heterocycles. The SMILES string of the molecule is Cc1ccc(N(c2ccc(C)cc2)c2sc(-c3ncc(N=C(C#N)C#N)c4nsnc34)c3ccccc23)cc1. The van der Waals surface area contributed by atoms with Crippen LogP contribution in [0.1, 0.15) is 11.1 Å². The maximum absolute atomic E-state index is 9.17. The molecule has 6 aromatic rings. The molecule has 0 saturated heterocycles. The lowest BCUT2D eigenvalue weighted by Crippen LogP contribution is -2.08. The van der Waals surface area contributed by atoms with E-state index in [2.05, 4.69) is 93.2 Å². The van der Waals surface area contributed by atoms with E-state index in [1.165, 1.54) is 11.1 Å². The Balaban J connectivity index is 1.60. The number of aliphatic imine (C=N–C) groups is 1. The molecule has 0 atom stereocenters. The van der Waals surface area contributed by atoms with Gasteiger partial charge >= 0.3 is 0 Å². The van der Waals surface area contributed by atoms with Crippen LogP contribution in [0.4, 0.5) is 22.1 Å². The first-order valence-electron chi connectivity index (χ1n) is 12.0. The molecular weight excluding hydrogens is 523 g/mol. The Bertz CT molecular complexity index is 1890. The summed E-state index contributed by atoms with van der Waals surface area (Å²) in [6, 6.07) is 28.9. The fraction of sp³-hybridized carbons (Fsp3) is 0.0667. The molecule has 39 heavy (non-hydrogen) atoms. The molecule has 9 heteroatoms. The number of anilines is 3. The largest absolute Gasteiger partial charge is 0.301 e. The van der Waals surface area contributed by atoms with Gasteiger partial charge < -0.3 is 4.90 Å². The van der Waals surface area contributed by atoms with Crippen LogP contribution in [0, 0.1) is 36.5 Å². The van der Waals surface area contributed by atoms with E-state index in [9.17, 15) is 10.5 Å². The van der Waals surface area contributed by atoms with Crippen LogP contribution in [0.15, 0.2) is 84.0 Å². The number of hydrogen-bond donors (Lipinski definition) is 0. The predicted molar refractivity (Wildman–Crippen MR) is 159 cm³/mol. The van der Waals surface area contributed by atoms with E-state index in [0.717, 1.165) is 43.8 Å². The van der Waals surface area contributed by atoms with Crippen molar-refractivity contribution in [3.63, 3.8) is 0 Å². The van der Waals surface area contributed by atoms with Gasteiger partial charge in [-0.15, -0.1) is 11.3 Å². The zero-order chi connectivity index (χ0) is 26.9. The Hall–Kier alpha value is -4.96. The average Bonchev–Trinajstić information content (AvgIpc) is 3.60. The van der Waals surface area contributed by atoms with Crippen LogP contribution in [0.3, 0.4) is 0 Å². The Labute approximate surface area is 232 Å². The third kappa shape index (κ3) is 4.40. The van der Waals surface area contributed by atoms with Crippen molar-refractivity contribution in [1.82, 2.24) is 13.7 Å². The highest BCUT2D eigenvalue weighted by molar-refractivity contribution is 7.21. The number of aromatic nitrogens is 3. The van der Waals surface area contributed by atoms with Gasteiger partial charge in [-0.25, -0.2) is 4.99 Å². The minimum absolute atomic E-state index is 0.255. The Morgan fingerprint density at radius 1 is 0.795 bits per heavy atom. The van der Waals surface area contributed by atoms with Gasteiger partial charge in [0, 0.05) is 22.1 Å². The van der Waals surface area contributed by atoms with Crippen LogP contribution in [-0.2, 0) is 0 Å². The average molecular weight is 542 g/mol. The summed E-state index contributed by atoms with van der Waals surface area (Å²) >= 11 is 2.69. The number of thiophene rings is 1. The number of pyridine rings is 1. The molecule has 0 unspecified atom stereocenters. The molecular formula is C30H19N7S2. The number of nitrogens with zero attached hydrogens (tertiary/aromatic N) is 7. The van der Waals surface area contributed by atoms with Gasteiger partial charge in [0.25, 0.3) is 0 Å². The Morgan fingerprint density at radius 2 is 1.38 bits per heavy atom. The molecule has 3 aromatic heterocycles. The molecule has 6 rings (SSSR count). The maximum atomic E-state index is 9.17. The molecule has 0 saturated carbocycles. The number of aryl methyl sites for hydroxylation is 2. The molecule has 0 spiro atoms. The summed E-state index contributed by atoms with van der Waals surface area (Å²) in [7, 11) is 0. The number of benzene rings is 3. The molecule has 0 aliphatic carbocycles. The first-order chi connectivity index (χ1) is 19.1. The van der Waals surface area contributed by atoms with Crippen LogP contribution in [0.25, 0.3) is 32.4 Å². The van der Waals surface area contributed by atoms with E-state index < -0.39 is 0 Å². The van der Waals surface area contributed by atoms with Crippen LogP contribution in [0.2, 0.25) is 0 Å². The maximum Gasteiger partial charge on any atom is 0.218 e. The third-order valence-corrected chi connectivity index (χ3v) is 8.06. The van der Waals surface area contributed by atoms with Gasteiger partial charge in [-0.1, -0.05) is 59.7 Å². The lowest BCUT2D eigenvalue weighted by atomic mass is 10.1. The summed E-state index contributed by atoms with van der Waals surface area (Å²) in [5.74, 6) is 0. The Morgan fingerprint density at radius 3 is 2.00 bits per heavy atom. The van der Waals surface area contributed by atoms with E-state index >= 15 is 0 Å². The third-order valence-electron chi connectivity index (χ3n) is 6.32. The molecule has 3 heterocycles. The van der Waals surface area contributed by atoms with Gasteiger partial charge in [0.15, 0.2) is 0 Å². The van der Waals surface area contributed by atoms with Crippen LogP contribution in [-0.4, -0.2) is 19.4 Å². The predicted octanol–water partition coefficient (Wildman–Crippen LogP) is 8.17. The fourth-order valence-corrected chi connectivity index (χ4v) is 6.27. The molecule has 0 bridgehead atoms. The molecule has 0 fully saturated rings. The van der Waals surface area contributed by atoms with Gasteiger partial charge in [-0.05, 0) is 38.1 Å². The van der Waals surface area contributed by atoms with Crippen LogP contribution < -0.4 is 4.90 Å².